The molecule has 4 aliphatic carbocycles. The Morgan fingerprint density at radius 2 is 1.61 bits per heavy atom. The van der Waals surface area contributed by atoms with Crippen LogP contribution in [-0.2, 0) is 14.3 Å². The Labute approximate surface area is 183 Å². The summed E-state index contributed by atoms with van der Waals surface area (Å²) in [5.74, 6) is 1.59. The van der Waals surface area contributed by atoms with E-state index in [1.54, 1.807) is 31.2 Å². The number of hydrogen-bond acceptors (Lipinski definition) is 5. The van der Waals surface area contributed by atoms with E-state index in [1.807, 2.05) is 6.92 Å². The predicted octanol–water partition coefficient (Wildman–Crippen LogP) is 2.83. The molecule has 31 heavy (non-hydrogen) atoms. The molecule has 1 atom stereocenters. The average molecular weight is 429 g/mol. The van der Waals surface area contributed by atoms with Crippen LogP contribution < -0.4 is 15.4 Å². The third kappa shape index (κ3) is 5.02. The quantitative estimate of drug-likeness (QED) is 0.621. The van der Waals surface area contributed by atoms with Crippen molar-refractivity contribution in [1.29, 1.82) is 0 Å². The molecule has 7 heteroatoms. The van der Waals surface area contributed by atoms with E-state index in [-0.39, 0.29) is 23.9 Å². The summed E-state index contributed by atoms with van der Waals surface area (Å²) in [5, 5.41) is 5.76. The molecule has 4 saturated carbocycles. The molecule has 0 aromatic heterocycles. The number of amides is 2. The van der Waals surface area contributed by atoms with E-state index in [0.717, 1.165) is 37.0 Å². The first-order valence-electron chi connectivity index (χ1n) is 11.4. The maximum atomic E-state index is 12.7. The summed E-state index contributed by atoms with van der Waals surface area (Å²) in [4.78, 5) is 37.1. The van der Waals surface area contributed by atoms with Crippen LogP contribution in [0.5, 0.6) is 5.75 Å². The molecule has 0 heterocycles. The van der Waals surface area contributed by atoms with E-state index in [9.17, 15) is 14.4 Å². The van der Waals surface area contributed by atoms with Gasteiger partial charge in [0.05, 0.1) is 6.61 Å². The zero-order chi connectivity index (χ0) is 22.0. The summed E-state index contributed by atoms with van der Waals surface area (Å²) in [6.45, 7) is 3.73. The molecule has 168 valence electrons. The van der Waals surface area contributed by atoms with Crippen molar-refractivity contribution in [2.75, 3.05) is 13.2 Å². The smallest absolute Gasteiger partial charge is 0.326 e. The number of ether oxygens (including phenoxy) is 2. The van der Waals surface area contributed by atoms with Crippen LogP contribution in [0.1, 0.15) is 62.7 Å². The van der Waals surface area contributed by atoms with Crippen LogP contribution in [0.3, 0.4) is 0 Å². The Bertz CT molecular complexity index is 800. The van der Waals surface area contributed by atoms with Gasteiger partial charge in [0.25, 0.3) is 11.8 Å². The maximum absolute atomic E-state index is 12.7. The minimum absolute atomic E-state index is 0.117. The van der Waals surface area contributed by atoms with Gasteiger partial charge in [-0.15, -0.1) is 0 Å². The first kappa shape index (κ1) is 21.7. The van der Waals surface area contributed by atoms with Gasteiger partial charge in [-0.3, -0.25) is 14.4 Å². The summed E-state index contributed by atoms with van der Waals surface area (Å²) in [6.07, 6.45) is 6.15. The van der Waals surface area contributed by atoms with Crippen LogP contribution in [0.2, 0.25) is 0 Å². The molecule has 2 N–H and O–H groups in total. The van der Waals surface area contributed by atoms with Crippen molar-refractivity contribution in [2.24, 2.45) is 17.8 Å². The topological polar surface area (TPSA) is 93.7 Å². The number of hydrogen-bond donors (Lipinski definition) is 2. The predicted molar refractivity (Wildman–Crippen MR) is 115 cm³/mol. The summed E-state index contributed by atoms with van der Waals surface area (Å²) in [7, 11) is 0. The molecule has 7 nitrogen and oxygen atoms in total. The highest BCUT2D eigenvalue weighted by Crippen LogP contribution is 2.55. The van der Waals surface area contributed by atoms with Crippen molar-refractivity contribution >= 4 is 17.8 Å². The molecule has 0 radical (unpaired) electrons. The van der Waals surface area contributed by atoms with Gasteiger partial charge >= 0.3 is 5.97 Å². The third-order valence-electron chi connectivity index (χ3n) is 6.92. The molecular weight excluding hydrogens is 396 g/mol. The van der Waals surface area contributed by atoms with Gasteiger partial charge in [0.1, 0.15) is 12.3 Å². The number of carbonyl (C=O) groups excluding carboxylic acids is 3. The Morgan fingerprint density at radius 1 is 1.03 bits per heavy atom. The molecule has 1 aromatic carbocycles. The van der Waals surface area contributed by atoms with Crippen LogP contribution in [0, 0.1) is 17.8 Å². The number of carbonyl (C=O) groups is 3. The molecule has 4 fully saturated rings. The lowest BCUT2D eigenvalue weighted by Crippen LogP contribution is -2.61. The van der Waals surface area contributed by atoms with Gasteiger partial charge in [0.15, 0.2) is 6.10 Å². The highest BCUT2D eigenvalue weighted by molar-refractivity contribution is 5.96. The fourth-order valence-electron chi connectivity index (χ4n) is 6.04. The second-order valence-electron chi connectivity index (χ2n) is 9.46. The average Bonchev–Trinajstić information content (AvgIpc) is 2.71. The largest absolute Gasteiger partial charge is 0.494 e. The number of benzene rings is 1. The fraction of sp³-hybridized carbons (Fsp3) is 0.625. The zero-order valence-corrected chi connectivity index (χ0v) is 18.3. The van der Waals surface area contributed by atoms with Crippen molar-refractivity contribution in [3.63, 3.8) is 0 Å². The van der Waals surface area contributed by atoms with E-state index in [0.29, 0.717) is 17.9 Å². The first-order chi connectivity index (χ1) is 14.9. The van der Waals surface area contributed by atoms with Crippen LogP contribution >= 0.6 is 0 Å². The minimum Gasteiger partial charge on any atom is -0.494 e. The molecule has 1 aromatic rings. The second kappa shape index (κ2) is 8.89. The molecular formula is C24H32N2O5. The lowest BCUT2D eigenvalue weighted by molar-refractivity contribution is -0.155. The molecule has 4 aliphatic rings. The van der Waals surface area contributed by atoms with E-state index >= 15 is 0 Å². The van der Waals surface area contributed by atoms with Gasteiger partial charge in [-0.05, 0) is 94.4 Å². The van der Waals surface area contributed by atoms with Crippen molar-refractivity contribution < 1.29 is 23.9 Å². The highest BCUT2D eigenvalue weighted by Gasteiger charge is 2.51. The molecule has 0 saturated heterocycles. The Morgan fingerprint density at radius 3 is 2.16 bits per heavy atom. The first-order valence-corrected chi connectivity index (χ1v) is 11.4. The number of rotatable bonds is 8. The molecule has 0 aliphatic heterocycles. The second-order valence-corrected chi connectivity index (χ2v) is 9.46. The highest BCUT2D eigenvalue weighted by atomic mass is 16.5. The zero-order valence-electron chi connectivity index (χ0n) is 18.3. The van der Waals surface area contributed by atoms with Gasteiger partial charge in [0.2, 0.25) is 0 Å². The van der Waals surface area contributed by atoms with Gasteiger partial charge < -0.3 is 20.1 Å². The van der Waals surface area contributed by atoms with E-state index < -0.39 is 12.1 Å². The van der Waals surface area contributed by atoms with Crippen LogP contribution in [0.4, 0.5) is 0 Å². The lowest BCUT2D eigenvalue weighted by atomic mass is 9.53. The summed E-state index contributed by atoms with van der Waals surface area (Å²) in [6, 6.07) is 6.67. The Hall–Kier alpha value is -2.57. The third-order valence-corrected chi connectivity index (χ3v) is 6.92. The monoisotopic (exact) mass is 428 g/mol. The van der Waals surface area contributed by atoms with E-state index in [1.165, 1.54) is 19.3 Å². The molecule has 4 bridgehead atoms. The molecule has 2 amide bonds. The Kier molecular flexibility index (Phi) is 6.21. The van der Waals surface area contributed by atoms with Gasteiger partial charge in [0, 0.05) is 11.1 Å². The van der Waals surface area contributed by atoms with Gasteiger partial charge in [-0.1, -0.05) is 0 Å². The van der Waals surface area contributed by atoms with Gasteiger partial charge in [-0.2, -0.15) is 0 Å². The molecule has 0 spiro atoms. The maximum Gasteiger partial charge on any atom is 0.326 e. The number of nitrogens with one attached hydrogen (secondary N) is 2. The summed E-state index contributed by atoms with van der Waals surface area (Å²) < 4.78 is 10.6. The van der Waals surface area contributed by atoms with Crippen molar-refractivity contribution in [3.8, 4) is 5.75 Å². The molecule has 5 rings (SSSR count). The van der Waals surface area contributed by atoms with E-state index in [4.69, 9.17) is 9.47 Å². The fourth-order valence-corrected chi connectivity index (χ4v) is 6.04. The number of esters is 1. The van der Waals surface area contributed by atoms with Crippen molar-refractivity contribution in [2.45, 2.75) is 64.0 Å². The van der Waals surface area contributed by atoms with Gasteiger partial charge in [-0.25, -0.2) is 0 Å². The summed E-state index contributed by atoms with van der Waals surface area (Å²) >= 11 is 0. The minimum atomic E-state index is -0.886. The van der Waals surface area contributed by atoms with Crippen molar-refractivity contribution in [1.82, 2.24) is 10.6 Å². The SMILES string of the molecule is CCOc1ccc(C(=O)NCC(=O)O[C@@H](C)C(=O)NC23CC4CC(CC(C4)C2)C3)cc1. The Balaban J connectivity index is 1.23. The van der Waals surface area contributed by atoms with Crippen molar-refractivity contribution in [3.05, 3.63) is 29.8 Å². The summed E-state index contributed by atoms with van der Waals surface area (Å²) in [5.41, 5.74) is 0.304. The normalized spacial score (nSPS) is 29.2. The van der Waals surface area contributed by atoms with Crippen LogP contribution in [0.25, 0.3) is 0 Å². The lowest BCUT2D eigenvalue weighted by Gasteiger charge is -2.57. The van der Waals surface area contributed by atoms with E-state index in [2.05, 4.69) is 10.6 Å². The molecule has 0 unspecified atom stereocenters. The standard InChI is InChI=1S/C24H32N2O5/c1-3-30-20-6-4-19(5-7-20)23(29)25-14-21(27)31-15(2)22(28)26-24-11-16-8-17(12-24)10-18(9-16)13-24/h4-7,15-18H,3,8-14H2,1-2H3,(H,25,29)(H,26,28)/t15-,16?,17?,18?,24?/m0/s1. The van der Waals surface area contributed by atoms with Crippen LogP contribution in [-0.4, -0.2) is 42.6 Å². The van der Waals surface area contributed by atoms with Crippen LogP contribution in [0.15, 0.2) is 24.3 Å².